The van der Waals surface area contributed by atoms with Crippen LogP contribution in [0.4, 0.5) is 5.69 Å². The number of rotatable bonds is 5. The summed E-state index contributed by atoms with van der Waals surface area (Å²) < 4.78 is 1.89. The van der Waals surface area contributed by atoms with Crippen LogP contribution in [-0.2, 0) is 9.59 Å². The fourth-order valence-corrected chi connectivity index (χ4v) is 5.01. The number of hydrogen-bond donors (Lipinski definition) is 3. The maximum atomic E-state index is 13.5. The molecule has 1 aliphatic heterocycles. The highest BCUT2D eigenvalue weighted by Crippen LogP contribution is 2.50. The average Bonchev–Trinajstić information content (AvgIpc) is 3.59. The number of aromatic nitrogens is 2. The van der Waals surface area contributed by atoms with Crippen molar-refractivity contribution in [3.63, 3.8) is 0 Å². The largest absolute Gasteiger partial charge is 0.478 e. The summed E-state index contributed by atoms with van der Waals surface area (Å²) in [6, 6.07) is 20.5. The molecule has 6 rings (SSSR count). The maximum Gasteiger partial charge on any atom is 0.328 e. The van der Waals surface area contributed by atoms with Crippen molar-refractivity contribution < 1.29 is 24.9 Å². The second-order valence-electron chi connectivity index (χ2n) is 9.51. The van der Waals surface area contributed by atoms with Crippen LogP contribution in [0, 0.1) is 0 Å². The molecule has 0 bridgehead atoms. The van der Waals surface area contributed by atoms with Gasteiger partial charge in [-0.15, -0.1) is 0 Å². The Morgan fingerprint density at radius 2 is 1.66 bits per heavy atom. The average molecular weight is 514 g/mol. The van der Waals surface area contributed by atoms with E-state index < -0.39 is 11.9 Å². The van der Waals surface area contributed by atoms with E-state index in [1.165, 1.54) is 0 Å². The maximum absolute atomic E-state index is 13.5. The lowest BCUT2D eigenvalue weighted by molar-refractivity contribution is -0.134. The lowest BCUT2D eigenvalue weighted by Crippen LogP contribution is -2.25. The number of aliphatic hydroxyl groups is 1. The van der Waals surface area contributed by atoms with Crippen LogP contribution in [0.3, 0.4) is 0 Å². The highest BCUT2D eigenvalue weighted by atomic mass is 16.4. The molecule has 9 nitrogen and oxygen atoms in total. The molecule has 9 heteroatoms. The molecule has 194 valence electrons. The quantitative estimate of drug-likeness (QED) is 0.345. The van der Waals surface area contributed by atoms with Crippen molar-refractivity contribution >= 4 is 39.3 Å². The van der Waals surface area contributed by atoms with Crippen molar-refractivity contribution in [1.29, 1.82) is 0 Å². The highest BCUT2D eigenvalue weighted by molar-refractivity contribution is 5.93. The second kappa shape index (κ2) is 10.5. The van der Waals surface area contributed by atoms with Crippen LogP contribution in [0.5, 0.6) is 0 Å². The van der Waals surface area contributed by atoms with Crippen molar-refractivity contribution in [2.24, 2.45) is 0 Å². The van der Waals surface area contributed by atoms with E-state index in [0.717, 1.165) is 52.4 Å². The number of fused-ring (bicyclic) bond motifs is 2. The van der Waals surface area contributed by atoms with Crippen molar-refractivity contribution in [2.45, 2.75) is 30.9 Å². The first-order valence-electron chi connectivity index (χ1n) is 12.4. The van der Waals surface area contributed by atoms with Gasteiger partial charge in [-0.1, -0.05) is 36.4 Å². The van der Waals surface area contributed by atoms with Gasteiger partial charge in [0, 0.05) is 54.5 Å². The zero-order chi connectivity index (χ0) is 26.8. The van der Waals surface area contributed by atoms with Gasteiger partial charge in [-0.2, -0.15) is 0 Å². The van der Waals surface area contributed by atoms with Gasteiger partial charge in [0.25, 0.3) is 5.56 Å². The Labute approximate surface area is 217 Å². The van der Waals surface area contributed by atoms with E-state index in [2.05, 4.69) is 23.1 Å². The van der Waals surface area contributed by atoms with E-state index >= 15 is 0 Å². The van der Waals surface area contributed by atoms with E-state index in [4.69, 9.17) is 15.2 Å². The number of carboxylic acids is 2. The van der Waals surface area contributed by atoms with Crippen LogP contribution in [0.15, 0.2) is 83.8 Å². The molecule has 1 saturated carbocycles. The van der Waals surface area contributed by atoms with E-state index in [1.54, 1.807) is 0 Å². The first-order chi connectivity index (χ1) is 18.3. The van der Waals surface area contributed by atoms with Gasteiger partial charge in [-0.25, -0.2) is 9.59 Å². The van der Waals surface area contributed by atoms with Gasteiger partial charge >= 0.3 is 11.9 Å². The number of nitrogens with zero attached hydrogens (tertiary/aromatic N) is 3. The molecule has 2 aliphatic rings. The number of para-hydroxylation sites is 1. The molecule has 0 radical (unpaired) electrons. The molecule has 2 unspecified atom stereocenters. The standard InChI is InChI=1S/C25H23N3O2.C4H4O4/c29-18-11-12-27(15-18)22-7-3-5-17-10-13-28(25(30)24(17)22)23-14-19(23)21-9-8-16-4-1-2-6-20(16)26-21;5-3(6)1-2-4(7)8/h1-10,13,18-19,23,29H,11-12,14-15H2;1-2H,(H,5,6)(H,7,8)/b;2-1+/t18-,19?,23?;/m1./s1. The lowest BCUT2D eigenvalue weighted by atomic mass is 10.1. The molecular weight excluding hydrogens is 486 g/mol. The number of benzene rings is 2. The molecule has 2 aromatic carbocycles. The summed E-state index contributed by atoms with van der Waals surface area (Å²) in [7, 11) is 0. The third-order valence-electron chi connectivity index (χ3n) is 6.92. The molecule has 3 heterocycles. The zero-order valence-corrected chi connectivity index (χ0v) is 20.5. The number of pyridine rings is 2. The smallest absolute Gasteiger partial charge is 0.328 e. The van der Waals surface area contributed by atoms with Crippen LogP contribution < -0.4 is 10.5 Å². The number of β-amino-alcohol motifs (C(OH)–C–C–N with tert-alkyl or cyclic N) is 1. The number of carboxylic acid groups (broad SMARTS) is 2. The van der Waals surface area contributed by atoms with E-state index in [0.29, 0.717) is 18.7 Å². The summed E-state index contributed by atoms with van der Waals surface area (Å²) in [6.45, 7) is 1.36. The van der Waals surface area contributed by atoms with E-state index in [9.17, 15) is 19.5 Å². The number of aliphatic carboxylic acids is 2. The fraction of sp³-hybridized carbons (Fsp3) is 0.241. The molecule has 4 aromatic rings. The number of anilines is 1. The van der Waals surface area contributed by atoms with E-state index in [-0.39, 0.29) is 23.6 Å². The topological polar surface area (TPSA) is 133 Å². The normalized spacial score (nSPS) is 20.4. The van der Waals surface area contributed by atoms with Crippen LogP contribution in [0.1, 0.15) is 30.5 Å². The third kappa shape index (κ3) is 5.28. The predicted molar refractivity (Wildman–Crippen MR) is 144 cm³/mol. The summed E-state index contributed by atoms with van der Waals surface area (Å²) in [6.07, 6.45) is 4.40. The van der Waals surface area contributed by atoms with Crippen LogP contribution >= 0.6 is 0 Å². The Morgan fingerprint density at radius 1 is 0.921 bits per heavy atom. The first kappa shape index (κ1) is 25.2. The monoisotopic (exact) mass is 513 g/mol. The third-order valence-corrected chi connectivity index (χ3v) is 6.92. The van der Waals surface area contributed by atoms with Crippen LogP contribution in [0.2, 0.25) is 0 Å². The van der Waals surface area contributed by atoms with Crippen molar-refractivity contribution in [1.82, 2.24) is 9.55 Å². The summed E-state index contributed by atoms with van der Waals surface area (Å²) >= 11 is 0. The number of carbonyl (C=O) groups is 2. The SMILES string of the molecule is O=C(O)/C=C/C(=O)O.O=c1c2c(N3CC[C@@H](O)C3)cccc2ccn1C1CC1c1ccc2ccccc2n1. The minimum atomic E-state index is -1.26. The molecule has 38 heavy (non-hydrogen) atoms. The summed E-state index contributed by atoms with van der Waals surface area (Å²) in [5.74, 6) is -2.25. The Morgan fingerprint density at radius 3 is 2.37 bits per heavy atom. The minimum absolute atomic E-state index is 0.0535. The van der Waals surface area contributed by atoms with Gasteiger partial charge < -0.3 is 24.8 Å². The highest BCUT2D eigenvalue weighted by Gasteiger charge is 2.42. The Kier molecular flexibility index (Phi) is 6.93. The predicted octanol–water partition coefficient (Wildman–Crippen LogP) is 3.56. The molecule has 2 aromatic heterocycles. The lowest BCUT2D eigenvalue weighted by Gasteiger charge is -2.20. The minimum Gasteiger partial charge on any atom is -0.478 e. The van der Waals surface area contributed by atoms with Gasteiger partial charge in [0.2, 0.25) is 0 Å². The summed E-state index contributed by atoms with van der Waals surface area (Å²) in [4.78, 5) is 39.6. The molecule has 0 amide bonds. The van der Waals surface area contributed by atoms with Crippen molar-refractivity contribution in [3.8, 4) is 0 Å². The Hall–Kier alpha value is -4.50. The zero-order valence-electron chi connectivity index (χ0n) is 20.5. The number of aliphatic hydroxyl groups excluding tert-OH is 1. The van der Waals surface area contributed by atoms with E-state index in [1.807, 2.05) is 53.2 Å². The summed E-state index contributed by atoms with van der Waals surface area (Å²) in [5.41, 5.74) is 3.05. The Balaban J connectivity index is 0.000000323. The molecule has 2 fully saturated rings. The van der Waals surface area contributed by atoms with Gasteiger partial charge in [0.1, 0.15) is 0 Å². The molecule has 1 aliphatic carbocycles. The van der Waals surface area contributed by atoms with Crippen molar-refractivity contribution in [3.05, 3.63) is 95.1 Å². The van der Waals surface area contributed by atoms with Gasteiger partial charge in [-0.3, -0.25) is 9.78 Å². The molecule has 1 saturated heterocycles. The first-order valence-corrected chi connectivity index (χ1v) is 12.4. The van der Waals surface area contributed by atoms with Crippen molar-refractivity contribution in [2.75, 3.05) is 18.0 Å². The Bertz CT molecular complexity index is 1600. The van der Waals surface area contributed by atoms with Gasteiger partial charge in [0.15, 0.2) is 0 Å². The summed E-state index contributed by atoms with van der Waals surface area (Å²) in [5, 5.41) is 28.4. The molecule has 3 atom stereocenters. The van der Waals surface area contributed by atoms with Gasteiger partial charge in [-0.05, 0) is 42.5 Å². The van der Waals surface area contributed by atoms with Crippen LogP contribution in [0.25, 0.3) is 21.7 Å². The second-order valence-corrected chi connectivity index (χ2v) is 9.51. The van der Waals surface area contributed by atoms with Crippen LogP contribution in [-0.4, -0.2) is 56.0 Å². The molecule has 0 spiro atoms. The molecular formula is C29H27N3O6. The number of hydrogen-bond acceptors (Lipinski definition) is 6. The van der Waals surface area contributed by atoms with Gasteiger partial charge in [0.05, 0.1) is 22.7 Å². The fourth-order valence-electron chi connectivity index (χ4n) is 5.01. The molecule has 3 N–H and O–H groups in total.